The molecule has 0 atom stereocenters. The molecule has 1 aliphatic rings. The van der Waals surface area contributed by atoms with Crippen LogP contribution in [0.2, 0.25) is 4.34 Å². The molecule has 1 amide bonds. The number of sulfonamides is 1. The van der Waals surface area contributed by atoms with Crippen LogP contribution in [0.5, 0.6) is 0 Å². The van der Waals surface area contributed by atoms with Gasteiger partial charge < -0.3 is 10.1 Å². The molecule has 1 saturated heterocycles. The number of hydrogen-bond acceptors (Lipinski definition) is 5. The van der Waals surface area contributed by atoms with E-state index in [0.29, 0.717) is 41.2 Å². The number of morpholine rings is 1. The summed E-state index contributed by atoms with van der Waals surface area (Å²) in [6, 6.07) is 8.01. The molecule has 9 heteroatoms. The van der Waals surface area contributed by atoms with E-state index in [1.807, 2.05) is 6.92 Å². The minimum absolute atomic E-state index is 0.152. The number of amides is 1. The summed E-state index contributed by atoms with van der Waals surface area (Å²) < 4.78 is 32.6. The summed E-state index contributed by atoms with van der Waals surface area (Å²) >= 11 is 7.02. The molecule has 1 N–H and O–H groups in total. The van der Waals surface area contributed by atoms with E-state index in [4.69, 9.17) is 16.3 Å². The summed E-state index contributed by atoms with van der Waals surface area (Å²) in [6.07, 6.45) is 0. The highest BCUT2D eigenvalue weighted by molar-refractivity contribution is 7.89. The van der Waals surface area contributed by atoms with Crippen molar-refractivity contribution in [3.8, 4) is 0 Å². The topological polar surface area (TPSA) is 75.7 Å². The Hall–Kier alpha value is -1.45. The lowest BCUT2D eigenvalue weighted by Gasteiger charge is -2.26. The third kappa shape index (κ3) is 4.04. The van der Waals surface area contributed by atoms with Crippen LogP contribution in [0.1, 0.15) is 15.2 Å². The van der Waals surface area contributed by atoms with Crippen molar-refractivity contribution in [3.05, 3.63) is 45.1 Å². The molecule has 1 aromatic heterocycles. The van der Waals surface area contributed by atoms with Crippen LogP contribution in [0.15, 0.2) is 35.2 Å². The minimum Gasteiger partial charge on any atom is -0.379 e. The van der Waals surface area contributed by atoms with Crippen LogP contribution < -0.4 is 5.32 Å². The first-order valence-corrected chi connectivity index (χ1v) is 10.3. The second kappa shape index (κ2) is 7.43. The summed E-state index contributed by atoms with van der Waals surface area (Å²) in [7, 11) is -3.61. The summed E-state index contributed by atoms with van der Waals surface area (Å²) in [5.74, 6) is -0.319. The summed E-state index contributed by atoms with van der Waals surface area (Å²) in [5, 5.41) is 2.76. The van der Waals surface area contributed by atoms with Gasteiger partial charge in [0.2, 0.25) is 10.0 Å². The van der Waals surface area contributed by atoms with Crippen LogP contribution in [-0.4, -0.2) is 44.9 Å². The number of nitrogens with one attached hydrogen (secondary N) is 1. The lowest BCUT2D eigenvalue weighted by Crippen LogP contribution is -2.40. The fraction of sp³-hybridized carbons (Fsp3) is 0.312. The Bertz CT molecular complexity index is 889. The number of halogens is 1. The predicted octanol–water partition coefficient (Wildman–Crippen LogP) is 2.98. The molecule has 134 valence electrons. The number of rotatable bonds is 4. The van der Waals surface area contributed by atoms with E-state index in [0.717, 1.165) is 5.56 Å². The molecule has 0 aliphatic carbocycles. The maximum atomic E-state index is 12.8. The number of benzene rings is 1. The Labute approximate surface area is 155 Å². The summed E-state index contributed by atoms with van der Waals surface area (Å²) in [5.41, 5.74) is 1.24. The molecule has 2 aromatic rings. The zero-order valence-corrected chi connectivity index (χ0v) is 15.9. The molecule has 6 nitrogen and oxygen atoms in total. The third-order valence-electron chi connectivity index (χ3n) is 3.86. The number of carbonyl (C=O) groups is 1. The van der Waals surface area contributed by atoms with Crippen molar-refractivity contribution in [2.24, 2.45) is 0 Å². The normalized spacial score (nSPS) is 15.9. The second-order valence-electron chi connectivity index (χ2n) is 5.55. The molecule has 2 heterocycles. The minimum atomic E-state index is -3.61. The van der Waals surface area contributed by atoms with Gasteiger partial charge in [-0.2, -0.15) is 4.31 Å². The first-order valence-electron chi connectivity index (χ1n) is 7.63. The van der Waals surface area contributed by atoms with Gasteiger partial charge in [-0.25, -0.2) is 8.42 Å². The Morgan fingerprint density at radius 1 is 1.24 bits per heavy atom. The van der Waals surface area contributed by atoms with Crippen LogP contribution in [-0.2, 0) is 14.8 Å². The first kappa shape index (κ1) is 18.3. The molecule has 1 fully saturated rings. The average Bonchev–Trinajstić information content (AvgIpc) is 3.04. The number of anilines is 1. The van der Waals surface area contributed by atoms with Gasteiger partial charge in [0.05, 0.1) is 27.3 Å². The number of aryl methyl sites for hydroxylation is 1. The molecular formula is C16H17ClN2O4S2. The van der Waals surface area contributed by atoms with Gasteiger partial charge in [0.15, 0.2) is 0 Å². The standard InChI is InChI=1S/C16H17ClN2O4S2/c1-11-2-3-12(25(21,22)19-6-8-23-9-7-19)10-13(11)18-16(20)14-4-5-15(17)24-14/h2-5,10H,6-9H2,1H3,(H,18,20). The maximum Gasteiger partial charge on any atom is 0.265 e. The number of thiophene rings is 1. The van der Waals surface area contributed by atoms with Crippen LogP contribution >= 0.6 is 22.9 Å². The Morgan fingerprint density at radius 3 is 2.60 bits per heavy atom. The predicted molar refractivity (Wildman–Crippen MR) is 98.0 cm³/mol. The monoisotopic (exact) mass is 400 g/mol. The number of ether oxygens (including phenoxy) is 1. The zero-order valence-electron chi connectivity index (χ0n) is 13.5. The van der Waals surface area contributed by atoms with E-state index in [2.05, 4.69) is 5.32 Å². The lowest BCUT2D eigenvalue weighted by molar-refractivity contribution is 0.0730. The van der Waals surface area contributed by atoms with Gasteiger partial charge in [0, 0.05) is 18.8 Å². The highest BCUT2D eigenvalue weighted by atomic mass is 35.5. The Balaban J connectivity index is 1.86. The van der Waals surface area contributed by atoms with Crippen molar-refractivity contribution >= 4 is 44.6 Å². The van der Waals surface area contributed by atoms with Gasteiger partial charge in [0.1, 0.15) is 0 Å². The molecule has 3 rings (SSSR count). The molecule has 0 spiro atoms. The molecule has 25 heavy (non-hydrogen) atoms. The van der Waals surface area contributed by atoms with Crippen LogP contribution in [0.25, 0.3) is 0 Å². The van der Waals surface area contributed by atoms with Crippen molar-refractivity contribution in [2.45, 2.75) is 11.8 Å². The van der Waals surface area contributed by atoms with E-state index < -0.39 is 10.0 Å². The third-order valence-corrected chi connectivity index (χ3v) is 6.99. The zero-order chi connectivity index (χ0) is 18.0. The summed E-state index contributed by atoms with van der Waals surface area (Å²) in [6.45, 7) is 3.22. The van der Waals surface area contributed by atoms with E-state index >= 15 is 0 Å². The smallest absolute Gasteiger partial charge is 0.265 e. The van der Waals surface area contributed by atoms with Crippen molar-refractivity contribution in [1.82, 2.24) is 4.31 Å². The highest BCUT2D eigenvalue weighted by Gasteiger charge is 2.27. The van der Waals surface area contributed by atoms with Crippen molar-refractivity contribution in [1.29, 1.82) is 0 Å². The molecule has 0 bridgehead atoms. The quantitative estimate of drug-likeness (QED) is 0.856. The SMILES string of the molecule is Cc1ccc(S(=O)(=O)N2CCOCC2)cc1NC(=O)c1ccc(Cl)s1. The maximum absolute atomic E-state index is 12.8. The average molecular weight is 401 g/mol. The van der Waals surface area contributed by atoms with Gasteiger partial charge in [-0.1, -0.05) is 17.7 Å². The van der Waals surface area contributed by atoms with Gasteiger partial charge >= 0.3 is 0 Å². The van der Waals surface area contributed by atoms with Gasteiger partial charge in [0.25, 0.3) is 5.91 Å². The van der Waals surface area contributed by atoms with Gasteiger partial charge in [-0.3, -0.25) is 4.79 Å². The molecule has 0 saturated carbocycles. The molecule has 1 aromatic carbocycles. The van der Waals surface area contributed by atoms with Gasteiger partial charge in [-0.15, -0.1) is 11.3 Å². The van der Waals surface area contributed by atoms with E-state index in [-0.39, 0.29) is 10.8 Å². The van der Waals surface area contributed by atoms with E-state index in [1.54, 1.807) is 24.3 Å². The number of nitrogens with zero attached hydrogens (tertiary/aromatic N) is 1. The van der Waals surface area contributed by atoms with Gasteiger partial charge in [-0.05, 0) is 36.8 Å². The Morgan fingerprint density at radius 2 is 1.96 bits per heavy atom. The molecular weight excluding hydrogens is 384 g/mol. The number of carbonyl (C=O) groups excluding carboxylic acids is 1. The fourth-order valence-corrected chi connectivity index (χ4v) is 4.83. The van der Waals surface area contributed by atoms with E-state index in [9.17, 15) is 13.2 Å². The molecule has 1 aliphatic heterocycles. The number of hydrogen-bond donors (Lipinski definition) is 1. The van der Waals surface area contributed by atoms with Crippen molar-refractivity contribution in [3.63, 3.8) is 0 Å². The van der Waals surface area contributed by atoms with Crippen LogP contribution in [0.3, 0.4) is 0 Å². The molecule has 0 radical (unpaired) electrons. The second-order valence-corrected chi connectivity index (χ2v) is 9.20. The first-order chi connectivity index (χ1) is 11.9. The largest absolute Gasteiger partial charge is 0.379 e. The molecule has 0 unspecified atom stereocenters. The van der Waals surface area contributed by atoms with Crippen LogP contribution in [0.4, 0.5) is 5.69 Å². The van der Waals surface area contributed by atoms with Crippen LogP contribution in [0, 0.1) is 6.92 Å². The highest BCUT2D eigenvalue weighted by Crippen LogP contribution is 2.26. The summed E-state index contributed by atoms with van der Waals surface area (Å²) in [4.78, 5) is 12.9. The van der Waals surface area contributed by atoms with Crippen molar-refractivity contribution in [2.75, 3.05) is 31.6 Å². The Kier molecular flexibility index (Phi) is 5.45. The van der Waals surface area contributed by atoms with E-state index in [1.165, 1.54) is 21.7 Å². The fourth-order valence-electron chi connectivity index (χ4n) is 2.45. The lowest BCUT2D eigenvalue weighted by atomic mass is 10.2. The van der Waals surface area contributed by atoms with Crippen molar-refractivity contribution < 1.29 is 17.9 Å².